The Morgan fingerprint density at radius 3 is 2.40 bits per heavy atom. The molecule has 0 saturated carbocycles. The number of hydrazone groups is 1. The Hall–Kier alpha value is -3.23. The van der Waals surface area contributed by atoms with Gasteiger partial charge in [0.1, 0.15) is 5.75 Å². The van der Waals surface area contributed by atoms with Crippen LogP contribution < -0.4 is 14.2 Å². The van der Waals surface area contributed by atoms with E-state index in [4.69, 9.17) is 9.47 Å². The van der Waals surface area contributed by atoms with Crippen molar-refractivity contribution in [1.29, 1.82) is 0 Å². The van der Waals surface area contributed by atoms with E-state index < -0.39 is 23.6 Å². The van der Waals surface area contributed by atoms with Crippen LogP contribution in [0, 0.1) is 0 Å². The van der Waals surface area contributed by atoms with Gasteiger partial charge < -0.3 is 14.2 Å². The minimum Gasteiger partial charge on any atom is -0.493 e. The van der Waals surface area contributed by atoms with Gasteiger partial charge in [0.15, 0.2) is 11.5 Å². The third-order valence-corrected chi connectivity index (χ3v) is 4.62. The number of rotatable bonds is 5. The second-order valence-corrected chi connectivity index (χ2v) is 7.30. The number of alkyl halides is 3. The summed E-state index contributed by atoms with van der Waals surface area (Å²) in [6.07, 6.45) is -4.39. The maximum absolute atomic E-state index is 13.0. The highest BCUT2D eigenvalue weighted by atomic mass is 19.4. The van der Waals surface area contributed by atoms with Crippen LogP contribution in [0.5, 0.6) is 17.2 Å². The molecule has 0 fully saturated rings. The van der Waals surface area contributed by atoms with E-state index in [2.05, 4.69) is 9.84 Å². The SMILES string of the molecule is COc1ccc(C2=NN(C(=O)c3cccc(OC(F)(F)F)c3)C(C)(C)C2)cc1OC. The van der Waals surface area contributed by atoms with E-state index in [9.17, 15) is 18.0 Å². The Balaban J connectivity index is 1.91. The van der Waals surface area contributed by atoms with Crippen molar-refractivity contribution in [2.75, 3.05) is 14.2 Å². The molecule has 160 valence electrons. The first kappa shape index (κ1) is 21.5. The predicted octanol–water partition coefficient (Wildman–Crippen LogP) is 4.63. The van der Waals surface area contributed by atoms with Crippen LogP contribution >= 0.6 is 0 Å². The third kappa shape index (κ3) is 4.50. The number of benzene rings is 2. The van der Waals surface area contributed by atoms with E-state index in [1.807, 2.05) is 19.9 Å². The molecule has 0 atom stereocenters. The molecule has 6 nitrogen and oxygen atoms in total. The van der Waals surface area contributed by atoms with Gasteiger partial charge in [-0.25, -0.2) is 5.01 Å². The Labute approximate surface area is 171 Å². The molecule has 9 heteroatoms. The molecular weight excluding hydrogens is 401 g/mol. The standard InChI is InChI=1S/C21H21F3N2O4/c1-20(2)12-16(13-8-9-17(28-3)18(11-13)29-4)25-26(20)19(27)14-6-5-7-15(10-14)30-21(22,23)24/h5-11H,12H2,1-4H3. The summed E-state index contributed by atoms with van der Waals surface area (Å²) in [4.78, 5) is 13.0. The Morgan fingerprint density at radius 1 is 1.07 bits per heavy atom. The Morgan fingerprint density at radius 2 is 1.77 bits per heavy atom. The lowest BCUT2D eigenvalue weighted by Crippen LogP contribution is -2.40. The number of nitrogens with zero attached hydrogens (tertiary/aromatic N) is 2. The van der Waals surface area contributed by atoms with Crippen molar-refractivity contribution >= 4 is 11.6 Å². The van der Waals surface area contributed by atoms with Crippen LogP contribution in [0.3, 0.4) is 0 Å². The summed E-state index contributed by atoms with van der Waals surface area (Å²) in [5.74, 6) is 0.100. The summed E-state index contributed by atoms with van der Waals surface area (Å²) in [6, 6.07) is 10.3. The fraction of sp³-hybridized carbons (Fsp3) is 0.333. The van der Waals surface area contributed by atoms with Gasteiger partial charge in [0.05, 0.1) is 25.5 Å². The van der Waals surface area contributed by atoms with Crippen molar-refractivity contribution in [2.24, 2.45) is 5.10 Å². The van der Waals surface area contributed by atoms with Crippen molar-refractivity contribution in [3.8, 4) is 17.2 Å². The van der Waals surface area contributed by atoms with Crippen molar-refractivity contribution in [1.82, 2.24) is 5.01 Å². The van der Waals surface area contributed by atoms with Crippen LogP contribution in [0.2, 0.25) is 0 Å². The molecule has 1 aliphatic heterocycles. The normalized spacial score (nSPS) is 15.6. The van der Waals surface area contributed by atoms with Crippen LogP contribution in [-0.4, -0.2) is 42.7 Å². The molecule has 0 saturated heterocycles. The van der Waals surface area contributed by atoms with Crippen LogP contribution in [0.15, 0.2) is 47.6 Å². The zero-order valence-corrected chi connectivity index (χ0v) is 16.9. The van der Waals surface area contributed by atoms with Crippen LogP contribution in [0.1, 0.15) is 36.2 Å². The maximum atomic E-state index is 13.0. The number of amides is 1. The van der Waals surface area contributed by atoms with E-state index in [0.29, 0.717) is 23.6 Å². The summed E-state index contributed by atoms with van der Waals surface area (Å²) in [6.45, 7) is 3.66. The highest BCUT2D eigenvalue weighted by molar-refractivity contribution is 6.05. The number of hydrogen-bond acceptors (Lipinski definition) is 5. The van der Waals surface area contributed by atoms with E-state index >= 15 is 0 Å². The lowest BCUT2D eigenvalue weighted by atomic mass is 9.94. The van der Waals surface area contributed by atoms with Gasteiger partial charge >= 0.3 is 6.36 Å². The maximum Gasteiger partial charge on any atom is 0.573 e. The lowest BCUT2D eigenvalue weighted by molar-refractivity contribution is -0.274. The van der Waals surface area contributed by atoms with Gasteiger partial charge in [0.25, 0.3) is 5.91 Å². The highest BCUT2D eigenvalue weighted by Crippen LogP contribution is 2.34. The van der Waals surface area contributed by atoms with Crippen LogP contribution in [0.4, 0.5) is 13.2 Å². The van der Waals surface area contributed by atoms with Gasteiger partial charge in [-0.3, -0.25) is 4.79 Å². The van der Waals surface area contributed by atoms with E-state index in [0.717, 1.165) is 17.7 Å². The Bertz CT molecular complexity index is 986. The second-order valence-electron chi connectivity index (χ2n) is 7.30. The fourth-order valence-electron chi connectivity index (χ4n) is 3.22. The largest absolute Gasteiger partial charge is 0.573 e. The number of carbonyl (C=O) groups is 1. The van der Waals surface area contributed by atoms with Gasteiger partial charge in [0, 0.05) is 17.5 Å². The van der Waals surface area contributed by atoms with E-state index in [1.165, 1.54) is 31.4 Å². The van der Waals surface area contributed by atoms with E-state index in [-0.39, 0.29) is 5.56 Å². The molecule has 1 aliphatic rings. The van der Waals surface area contributed by atoms with Crippen molar-refractivity contribution < 1.29 is 32.2 Å². The average Bonchev–Trinajstić information content (AvgIpc) is 3.00. The molecule has 0 aliphatic carbocycles. The summed E-state index contributed by atoms with van der Waals surface area (Å²) < 4.78 is 52.0. The molecular formula is C21H21F3N2O4. The van der Waals surface area contributed by atoms with Gasteiger partial charge in [-0.15, -0.1) is 13.2 Å². The summed E-state index contributed by atoms with van der Waals surface area (Å²) in [7, 11) is 3.05. The molecule has 0 N–H and O–H groups in total. The highest BCUT2D eigenvalue weighted by Gasteiger charge is 2.39. The Kier molecular flexibility index (Phi) is 5.65. The van der Waals surface area contributed by atoms with Gasteiger partial charge in [-0.2, -0.15) is 5.10 Å². The first-order valence-electron chi connectivity index (χ1n) is 9.04. The van der Waals surface area contributed by atoms with Crippen molar-refractivity contribution in [2.45, 2.75) is 32.2 Å². The topological polar surface area (TPSA) is 60.4 Å². The first-order chi connectivity index (χ1) is 14.0. The number of ether oxygens (including phenoxy) is 3. The lowest BCUT2D eigenvalue weighted by Gasteiger charge is -2.28. The molecule has 2 aromatic rings. The smallest absolute Gasteiger partial charge is 0.493 e. The molecule has 0 unspecified atom stereocenters. The number of methoxy groups -OCH3 is 2. The summed E-state index contributed by atoms with van der Waals surface area (Å²) >= 11 is 0. The quantitative estimate of drug-likeness (QED) is 0.705. The van der Waals surface area contributed by atoms with Crippen LogP contribution in [0.25, 0.3) is 0 Å². The monoisotopic (exact) mass is 422 g/mol. The number of hydrogen-bond donors (Lipinski definition) is 0. The predicted molar refractivity (Wildman–Crippen MR) is 104 cm³/mol. The van der Waals surface area contributed by atoms with Crippen molar-refractivity contribution in [3.05, 3.63) is 53.6 Å². The average molecular weight is 422 g/mol. The van der Waals surface area contributed by atoms with Crippen LogP contribution in [-0.2, 0) is 0 Å². The van der Waals surface area contributed by atoms with Gasteiger partial charge in [-0.05, 0) is 50.2 Å². The molecule has 3 rings (SSSR count). The van der Waals surface area contributed by atoms with E-state index in [1.54, 1.807) is 12.1 Å². The zero-order valence-electron chi connectivity index (χ0n) is 16.9. The zero-order chi connectivity index (χ0) is 22.1. The van der Waals surface area contributed by atoms with Gasteiger partial charge in [0.2, 0.25) is 0 Å². The summed E-state index contributed by atoms with van der Waals surface area (Å²) in [5, 5.41) is 5.75. The molecule has 1 amide bonds. The molecule has 0 aromatic heterocycles. The fourth-order valence-corrected chi connectivity index (χ4v) is 3.22. The first-order valence-corrected chi connectivity index (χ1v) is 9.04. The number of carbonyl (C=O) groups excluding carboxylic acids is 1. The number of halogens is 3. The molecule has 1 heterocycles. The molecule has 0 bridgehead atoms. The molecule has 0 spiro atoms. The minimum atomic E-state index is -4.84. The summed E-state index contributed by atoms with van der Waals surface area (Å²) in [5.41, 5.74) is 0.768. The molecule has 30 heavy (non-hydrogen) atoms. The van der Waals surface area contributed by atoms with Gasteiger partial charge in [-0.1, -0.05) is 6.07 Å². The molecule has 0 radical (unpaired) electrons. The van der Waals surface area contributed by atoms with Crippen molar-refractivity contribution in [3.63, 3.8) is 0 Å². The minimum absolute atomic E-state index is 0.0436. The second kappa shape index (κ2) is 7.89. The molecule has 2 aromatic carbocycles. The third-order valence-electron chi connectivity index (χ3n) is 4.62.